The van der Waals surface area contributed by atoms with Crippen molar-refractivity contribution < 1.29 is 67.3 Å². The molecule has 9 nitrogen and oxygen atoms in total. The van der Waals surface area contributed by atoms with Gasteiger partial charge in [-0.15, -0.1) is 0 Å². The van der Waals surface area contributed by atoms with E-state index in [4.69, 9.17) is 4.74 Å². The number of methoxy groups -OCH3 is 1. The summed E-state index contributed by atoms with van der Waals surface area (Å²) < 4.78 is 150. The van der Waals surface area contributed by atoms with E-state index in [-0.39, 0.29) is 25.0 Å². The fourth-order valence-electron chi connectivity index (χ4n) is 3.64. The van der Waals surface area contributed by atoms with E-state index >= 15 is 4.39 Å². The van der Waals surface area contributed by atoms with Crippen LogP contribution in [0, 0.1) is 11.6 Å². The molecule has 1 N–H and O–H groups in total. The number of fused-ring (bicyclic) bond motifs is 1. The molecule has 42 heavy (non-hydrogen) atoms. The number of esters is 1. The molecule has 1 unspecified atom stereocenters. The maximum absolute atomic E-state index is 15.2. The lowest BCUT2D eigenvalue weighted by Gasteiger charge is -2.36. The van der Waals surface area contributed by atoms with Crippen molar-refractivity contribution in [2.24, 2.45) is 0 Å². The minimum Gasteiger partial charge on any atom is -0.483 e. The Hall–Kier alpha value is -3.83. The first-order valence-corrected chi connectivity index (χ1v) is 13.1. The van der Waals surface area contributed by atoms with Crippen LogP contribution in [0.15, 0.2) is 35.2 Å². The van der Waals surface area contributed by atoms with Crippen LogP contribution in [0.3, 0.4) is 0 Å². The third-order valence-electron chi connectivity index (χ3n) is 5.95. The van der Waals surface area contributed by atoms with E-state index in [1.54, 1.807) is 0 Å². The first-order valence-electron chi connectivity index (χ1n) is 11.7. The molecule has 0 spiro atoms. The molecule has 1 aliphatic rings. The van der Waals surface area contributed by atoms with Gasteiger partial charge in [0.15, 0.2) is 11.6 Å². The highest BCUT2D eigenvalue weighted by Gasteiger charge is 2.51. The minimum absolute atomic E-state index is 0.0261. The Labute approximate surface area is 233 Å². The second-order valence-corrected chi connectivity index (χ2v) is 11.2. The zero-order valence-corrected chi connectivity index (χ0v) is 22.6. The van der Waals surface area contributed by atoms with E-state index in [1.807, 2.05) is 5.32 Å². The SMILES string of the molecule is COC(=O)CCC1CN(S(=O)(=O)c2ccc(F)c(C(F)(F)F)c2)c2cc(NC(=O)OC(C)(C)C(F)(F)F)cc(F)c2O1. The maximum atomic E-state index is 15.2. The van der Waals surface area contributed by atoms with Gasteiger partial charge in [-0.2, -0.15) is 26.3 Å². The van der Waals surface area contributed by atoms with Gasteiger partial charge in [0.05, 0.1) is 29.8 Å². The molecule has 1 heterocycles. The average molecular weight is 634 g/mol. The van der Waals surface area contributed by atoms with Crippen LogP contribution in [-0.4, -0.2) is 52.0 Å². The number of ether oxygens (including phenoxy) is 3. The van der Waals surface area contributed by atoms with Crippen LogP contribution in [-0.2, 0) is 30.5 Å². The molecular weight excluding hydrogens is 612 g/mol. The van der Waals surface area contributed by atoms with Crippen molar-refractivity contribution >= 4 is 33.5 Å². The molecule has 1 aliphatic heterocycles. The highest BCUT2D eigenvalue weighted by atomic mass is 32.2. The monoisotopic (exact) mass is 634 g/mol. The van der Waals surface area contributed by atoms with Gasteiger partial charge in [-0.05, 0) is 44.5 Å². The minimum atomic E-state index is -5.28. The largest absolute Gasteiger partial charge is 0.483 e. The summed E-state index contributed by atoms with van der Waals surface area (Å²) in [6.07, 6.45) is -13.8. The van der Waals surface area contributed by atoms with Crippen molar-refractivity contribution in [3.8, 4) is 5.75 Å². The molecule has 0 aliphatic carbocycles. The number of rotatable bonds is 7. The van der Waals surface area contributed by atoms with Crippen molar-refractivity contribution in [1.29, 1.82) is 0 Å². The van der Waals surface area contributed by atoms with Gasteiger partial charge in [0, 0.05) is 18.2 Å². The molecule has 0 fully saturated rings. The highest BCUT2D eigenvalue weighted by molar-refractivity contribution is 7.92. The second kappa shape index (κ2) is 11.4. The zero-order valence-electron chi connectivity index (χ0n) is 21.8. The molecule has 2 aromatic carbocycles. The predicted octanol–water partition coefficient (Wildman–Crippen LogP) is 5.78. The Kier molecular flexibility index (Phi) is 8.91. The van der Waals surface area contributed by atoms with Gasteiger partial charge in [-0.3, -0.25) is 14.4 Å². The van der Waals surface area contributed by atoms with E-state index < -0.39 is 91.9 Å². The summed E-state index contributed by atoms with van der Waals surface area (Å²) in [6, 6.07) is 2.16. The van der Waals surface area contributed by atoms with E-state index in [1.165, 1.54) is 0 Å². The second-order valence-electron chi connectivity index (χ2n) is 9.36. The van der Waals surface area contributed by atoms with E-state index in [2.05, 4.69) is 9.47 Å². The lowest BCUT2D eigenvalue weighted by Crippen LogP contribution is -2.45. The molecule has 0 aromatic heterocycles. The van der Waals surface area contributed by atoms with E-state index in [0.29, 0.717) is 30.3 Å². The number of hydrogen-bond acceptors (Lipinski definition) is 7. The molecule has 1 amide bonds. The molecule has 1 atom stereocenters. The molecular formula is C24H22F8N2O7S. The topological polar surface area (TPSA) is 111 Å². The maximum Gasteiger partial charge on any atom is 0.427 e. The lowest BCUT2D eigenvalue weighted by atomic mass is 10.1. The van der Waals surface area contributed by atoms with E-state index in [0.717, 1.165) is 13.2 Å². The molecule has 232 valence electrons. The standard InChI is InChI=1S/C24H22F8N2O7S/c1-22(2,24(30,31)32)41-21(36)33-12-8-17(26)20-18(9-12)34(11-13(40-20)4-7-19(35)39-3)42(37,38)14-5-6-16(25)15(10-14)23(27,28)29/h5-6,8-10,13H,4,7,11H2,1-3H3,(H,33,36). The summed E-state index contributed by atoms with van der Waals surface area (Å²) >= 11 is 0. The Bertz CT molecular complexity index is 1480. The third-order valence-corrected chi connectivity index (χ3v) is 7.73. The molecule has 0 bridgehead atoms. The molecule has 2 aromatic rings. The van der Waals surface area contributed by atoms with Gasteiger partial charge in [0.25, 0.3) is 10.0 Å². The van der Waals surface area contributed by atoms with Crippen molar-refractivity contribution in [3.05, 3.63) is 47.5 Å². The van der Waals surface area contributed by atoms with Crippen LogP contribution >= 0.6 is 0 Å². The van der Waals surface area contributed by atoms with Crippen LogP contribution < -0.4 is 14.4 Å². The summed E-state index contributed by atoms with van der Waals surface area (Å²) in [7, 11) is -3.98. The summed E-state index contributed by atoms with van der Waals surface area (Å²) in [6.45, 7) is 0.364. The summed E-state index contributed by atoms with van der Waals surface area (Å²) in [5.41, 5.74) is -6.17. The first kappa shape index (κ1) is 32.7. The van der Waals surface area contributed by atoms with Crippen LogP contribution in [0.4, 0.5) is 51.3 Å². The Morgan fingerprint density at radius 1 is 1.05 bits per heavy atom. The van der Waals surface area contributed by atoms with Crippen LogP contribution in [0.25, 0.3) is 0 Å². The summed E-state index contributed by atoms with van der Waals surface area (Å²) in [5.74, 6) is -4.62. The van der Waals surface area contributed by atoms with Gasteiger partial charge in [-0.1, -0.05) is 0 Å². The van der Waals surface area contributed by atoms with Gasteiger partial charge < -0.3 is 14.2 Å². The van der Waals surface area contributed by atoms with Crippen molar-refractivity contribution in [2.45, 2.75) is 55.6 Å². The Balaban J connectivity index is 2.08. The molecule has 0 saturated carbocycles. The highest BCUT2D eigenvalue weighted by Crippen LogP contribution is 2.43. The average Bonchev–Trinajstić information content (AvgIpc) is 2.85. The van der Waals surface area contributed by atoms with Crippen LogP contribution in [0.1, 0.15) is 32.3 Å². The predicted molar refractivity (Wildman–Crippen MR) is 128 cm³/mol. The number of anilines is 2. The molecule has 18 heteroatoms. The van der Waals surface area contributed by atoms with Gasteiger partial charge in [0.2, 0.25) is 5.60 Å². The number of hydrogen-bond donors (Lipinski definition) is 1. The van der Waals surface area contributed by atoms with E-state index in [9.17, 15) is 48.7 Å². The molecule has 0 radical (unpaired) electrons. The number of sulfonamides is 1. The quantitative estimate of drug-likeness (QED) is 0.304. The van der Waals surface area contributed by atoms with Crippen molar-refractivity contribution in [3.63, 3.8) is 0 Å². The Morgan fingerprint density at radius 3 is 2.26 bits per heavy atom. The molecule has 0 saturated heterocycles. The van der Waals surface area contributed by atoms with Gasteiger partial charge in [-0.25, -0.2) is 22.0 Å². The number of halogens is 8. The lowest BCUT2D eigenvalue weighted by molar-refractivity contribution is -0.242. The normalized spacial score (nSPS) is 15.9. The number of benzene rings is 2. The van der Waals surface area contributed by atoms with Crippen LogP contribution in [0.5, 0.6) is 5.75 Å². The van der Waals surface area contributed by atoms with Crippen molar-refractivity contribution in [1.82, 2.24) is 0 Å². The summed E-state index contributed by atoms with van der Waals surface area (Å²) in [4.78, 5) is 22.7. The number of carbonyl (C=O) groups is 2. The fraction of sp³-hybridized carbons (Fsp3) is 0.417. The smallest absolute Gasteiger partial charge is 0.427 e. The Morgan fingerprint density at radius 2 is 1.69 bits per heavy atom. The van der Waals surface area contributed by atoms with Gasteiger partial charge >= 0.3 is 24.4 Å². The van der Waals surface area contributed by atoms with Crippen molar-refractivity contribution in [2.75, 3.05) is 23.3 Å². The van der Waals surface area contributed by atoms with Gasteiger partial charge in [0.1, 0.15) is 11.9 Å². The fourth-order valence-corrected chi connectivity index (χ4v) is 5.16. The zero-order chi connectivity index (χ0) is 31.8. The number of nitrogens with one attached hydrogen (secondary N) is 1. The molecule has 3 rings (SSSR count). The number of alkyl halides is 6. The number of nitrogens with zero attached hydrogens (tertiary/aromatic N) is 1. The summed E-state index contributed by atoms with van der Waals surface area (Å²) in [5, 5.41) is 1.83. The number of amides is 1. The third kappa shape index (κ3) is 6.96. The van der Waals surface area contributed by atoms with Crippen LogP contribution in [0.2, 0.25) is 0 Å². The number of carbonyl (C=O) groups excluding carboxylic acids is 2. The first-order chi connectivity index (χ1) is 19.2.